The topological polar surface area (TPSA) is 316 Å². The molecule has 1 aromatic rings. The van der Waals surface area contributed by atoms with E-state index in [1.54, 1.807) is 0 Å². The first-order valence-corrected chi connectivity index (χ1v) is 16.2. The van der Waals surface area contributed by atoms with E-state index in [1.165, 1.54) is 6.07 Å². The number of unbranched alkanes of at least 4 members (excludes halogenated alkanes) is 2. The summed E-state index contributed by atoms with van der Waals surface area (Å²) in [5.74, 6) is -4.75. The predicted molar refractivity (Wildman–Crippen MR) is 176 cm³/mol. The number of benzene rings is 1. The van der Waals surface area contributed by atoms with Crippen molar-refractivity contribution in [3.05, 3.63) is 33.9 Å². The van der Waals surface area contributed by atoms with Crippen molar-refractivity contribution >= 4 is 41.1 Å². The lowest BCUT2D eigenvalue weighted by molar-refractivity contribution is -0.385. The first kappa shape index (κ1) is 40.3. The van der Waals surface area contributed by atoms with Crippen molar-refractivity contribution in [2.75, 3.05) is 32.7 Å². The van der Waals surface area contributed by atoms with E-state index in [0.29, 0.717) is 51.7 Å². The van der Waals surface area contributed by atoms with Crippen LogP contribution in [-0.4, -0.2) is 102 Å². The maximum Gasteiger partial charge on any atom is 0.310 e. The average Bonchev–Trinajstić information content (AvgIpc) is 3.61. The van der Waals surface area contributed by atoms with Crippen LogP contribution in [0.3, 0.4) is 0 Å². The molecule has 4 atom stereocenters. The number of amides is 6. The summed E-state index contributed by atoms with van der Waals surface area (Å²) in [6.07, 6.45) is 3.59. The van der Waals surface area contributed by atoms with Gasteiger partial charge in [-0.1, -0.05) is 6.07 Å². The van der Waals surface area contributed by atoms with Crippen molar-refractivity contribution in [3.8, 4) is 5.75 Å². The minimum atomic E-state index is -1.41. The molecule has 272 valence electrons. The van der Waals surface area contributed by atoms with Crippen LogP contribution < -0.4 is 49.1 Å². The smallest absolute Gasteiger partial charge is 0.310 e. The SMILES string of the molecule is NCCCC[C@H](NC(=O)[C@@H]1CCCN1)C(=O)N[C@@H](CCCCN)C(=O)N[C@@H](Cc1ccc(O)c([N+](=O)[O-])c1)C(=O)NCC(=O)NCC(N)=O. The van der Waals surface area contributed by atoms with Crippen LogP contribution in [-0.2, 0) is 35.2 Å². The summed E-state index contributed by atoms with van der Waals surface area (Å²) in [6.45, 7) is 0.315. The van der Waals surface area contributed by atoms with Crippen molar-refractivity contribution in [1.82, 2.24) is 31.9 Å². The zero-order chi connectivity index (χ0) is 36.3. The highest BCUT2D eigenvalue weighted by molar-refractivity contribution is 5.95. The third-order valence-electron chi connectivity index (χ3n) is 7.73. The van der Waals surface area contributed by atoms with Crippen molar-refractivity contribution in [2.45, 2.75) is 82.0 Å². The molecule has 1 aliphatic heterocycles. The van der Waals surface area contributed by atoms with Gasteiger partial charge in [-0.2, -0.15) is 0 Å². The van der Waals surface area contributed by atoms with E-state index in [4.69, 9.17) is 17.2 Å². The van der Waals surface area contributed by atoms with Gasteiger partial charge in [0, 0.05) is 12.5 Å². The molecule has 1 aliphatic rings. The Morgan fingerprint density at radius 2 is 1.49 bits per heavy atom. The number of aromatic hydroxyl groups is 1. The second-order valence-electron chi connectivity index (χ2n) is 11.6. The maximum atomic E-state index is 13.7. The molecule has 19 heteroatoms. The number of nitro benzene ring substituents is 1. The molecule has 1 heterocycles. The third-order valence-corrected chi connectivity index (χ3v) is 7.73. The summed E-state index contributed by atoms with van der Waals surface area (Å²) in [7, 11) is 0. The van der Waals surface area contributed by atoms with Gasteiger partial charge >= 0.3 is 5.69 Å². The van der Waals surface area contributed by atoms with Crippen molar-refractivity contribution < 1.29 is 38.8 Å². The number of primary amides is 1. The molecule has 1 saturated heterocycles. The molecule has 0 spiro atoms. The van der Waals surface area contributed by atoms with Crippen LogP contribution in [0.1, 0.15) is 56.9 Å². The average molecular weight is 693 g/mol. The van der Waals surface area contributed by atoms with Gasteiger partial charge in [0.1, 0.15) is 18.1 Å². The summed E-state index contributed by atoms with van der Waals surface area (Å²) >= 11 is 0. The maximum absolute atomic E-state index is 13.7. The fourth-order valence-corrected chi connectivity index (χ4v) is 5.07. The number of nitrogens with zero attached hydrogens (tertiary/aromatic N) is 1. The summed E-state index contributed by atoms with van der Waals surface area (Å²) in [6, 6.07) is -0.581. The largest absolute Gasteiger partial charge is 0.502 e. The molecule has 0 radical (unpaired) electrons. The monoisotopic (exact) mass is 692 g/mol. The van der Waals surface area contributed by atoms with Gasteiger partial charge in [0.15, 0.2) is 5.75 Å². The lowest BCUT2D eigenvalue weighted by atomic mass is 10.0. The van der Waals surface area contributed by atoms with Crippen LogP contribution in [0, 0.1) is 10.1 Å². The standard InChI is InChI=1S/C30H48N10O9/c31-11-3-1-6-20(37-28(45)19-8-5-13-34-19)29(46)38-21(7-2-4-12-32)30(47)39-22(27(44)36-17-26(43)35-16-25(33)42)14-18-9-10-24(41)23(15-18)40(48)49/h9-10,15,19-22,34,41H,1-8,11-14,16-17,31-32H2,(H2,33,42)(H,35,43)(H,36,44)(H,37,45)(H,38,46)(H,39,47)/t19-,20-,21-,22-/m0/s1. The fourth-order valence-electron chi connectivity index (χ4n) is 5.07. The number of hydrogen-bond donors (Lipinski definition) is 10. The second kappa shape index (κ2) is 21.2. The summed E-state index contributed by atoms with van der Waals surface area (Å²) < 4.78 is 0. The second-order valence-corrected chi connectivity index (χ2v) is 11.6. The van der Waals surface area contributed by atoms with Gasteiger partial charge in [0.25, 0.3) is 0 Å². The number of nitrogens with two attached hydrogens (primary N) is 3. The van der Waals surface area contributed by atoms with E-state index in [0.717, 1.165) is 18.6 Å². The Morgan fingerprint density at radius 1 is 0.878 bits per heavy atom. The van der Waals surface area contributed by atoms with Crippen molar-refractivity contribution in [3.63, 3.8) is 0 Å². The van der Waals surface area contributed by atoms with Gasteiger partial charge in [0.2, 0.25) is 35.4 Å². The van der Waals surface area contributed by atoms with Crippen LogP contribution in [0.5, 0.6) is 5.75 Å². The zero-order valence-corrected chi connectivity index (χ0v) is 27.3. The number of phenolic OH excluding ortho intramolecular Hbond substituents is 1. The molecule has 6 amide bonds. The Balaban J connectivity index is 2.29. The van der Waals surface area contributed by atoms with E-state index in [9.17, 15) is 44.0 Å². The van der Waals surface area contributed by atoms with E-state index in [2.05, 4.69) is 31.9 Å². The van der Waals surface area contributed by atoms with Crippen molar-refractivity contribution in [1.29, 1.82) is 0 Å². The highest BCUT2D eigenvalue weighted by Crippen LogP contribution is 2.26. The molecule has 2 rings (SSSR count). The summed E-state index contributed by atoms with van der Waals surface area (Å²) in [4.78, 5) is 87.0. The lowest BCUT2D eigenvalue weighted by Crippen LogP contribution is -2.58. The number of hydrogen-bond acceptors (Lipinski definition) is 12. The molecule has 1 aromatic carbocycles. The van der Waals surface area contributed by atoms with Gasteiger partial charge in [-0.15, -0.1) is 0 Å². The molecule has 0 unspecified atom stereocenters. The highest BCUT2D eigenvalue weighted by atomic mass is 16.6. The van der Waals surface area contributed by atoms with Crippen molar-refractivity contribution in [2.24, 2.45) is 17.2 Å². The Labute approximate surface area is 283 Å². The predicted octanol–water partition coefficient (Wildman–Crippen LogP) is -2.97. The Bertz CT molecular complexity index is 1320. The van der Waals surface area contributed by atoms with Crippen LogP contribution in [0.15, 0.2) is 18.2 Å². The Hall–Kier alpha value is -4.88. The first-order valence-electron chi connectivity index (χ1n) is 16.2. The van der Waals surface area contributed by atoms with E-state index >= 15 is 0 Å². The number of carbonyl (C=O) groups is 6. The minimum Gasteiger partial charge on any atom is -0.502 e. The zero-order valence-electron chi connectivity index (χ0n) is 27.3. The normalized spacial score (nSPS) is 15.7. The minimum absolute atomic E-state index is 0.122. The first-order chi connectivity index (χ1) is 23.4. The van der Waals surface area contributed by atoms with Crippen LogP contribution in [0.2, 0.25) is 0 Å². The third kappa shape index (κ3) is 14.4. The van der Waals surface area contributed by atoms with E-state index in [-0.39, 0.29) is 30.7 Å². The molecular formula is C30H48N10O9. The lowest BCUT2D eigenvalue weighted by Gasteiger charge is -2.26. The summed E-state index contributed by atoms with van der Waals surface area (Å²) in [5.41, 5.74) is 15.8. The molecule has 19 nitrogen and oxygen atoms in total. The molecule has 1 fully saturated rings. The molecule has 49 heavy (non-hydrogen) atoms. The Kier molecular flexibility index (Phi) is 17.4. The van der Waals surface area contributed by atoms with Gasteiger partial charge < -0.3 is 54.2 Å². The number of carbonyl (C=O) groups excluding carboxylic acids is 6. The quantitative estimate of drug-likeness (QED) is 0.0331. The summed E-state index contributed by atoms with van der Waals surface area (Å²) in [5, 5.41) is 36.9. The number of rotatable bonds is 22. The molecule has 0 aliphatic carbocycles. The van der Waals surface area contributed by atoms with Crippen LogP contribution >= 0.6 is 0 Å². The molecule has 13 N–H and O–H groups in total. The van der Waals surface area contributed by atoms with Crippen LogP contribution in [0.25, 0.3) is 0 Å². The molecule has 0 bridgehead atoms. The van der Waals surface area contributed by atoms with E-state index < -0.39 is 83.2 Å². The van der Waals surface area contributed by atoms with Gasteiger partial charge in [0.05, 0.1) is 24.1 Å². The number of phenols is 1. The number of nitrogens with one attached hydrogen (secondary N) is 6. The Morgan fingerprint density at radius 3 is 2.04 bits per heavy atom. The van der Waals surface area contributed by atoms with Gasteiger partial charge in [-0.3, -0.25) is 38.9 Å². The molecular weight excluding hydrogens is 644 g/mol. The fraction of sp³-hybridized carbons (Fsp3) is 0.600. The van der Waals surface area contributed by atoms with Gasteiger partial charge in [-0.05, 0) is 82.6 Å². The van der Waals surface area contributed by atoms with Crippen LogP contribution in [0.4, 0.5) is 5.69 Å². The molecule has 0 saturated carbocycles. The highest BCUT2D eigenvalue weighted by Gasteiger charge is 2.32. The molecule has 0 aromatic heterocycles. The van der Waals surface area contributed by atoms with Gasteiger partial charge in [-0.25, -0.2) is 0 Å². The van der Waals surface area contributed by atoms with E-state index in [1.807, 2.05) is 0 Å². The number of nitro groups is 1.